The summed E-state index contributed by atoms with van der Waals surface area (Å²) in [5.74, 6) is 0.160. The molecule has 2 aromatic rings. The maximum absolute atomic E-state index is 13.7. The summed E-state index contributed by atoms with van der Waals surface area (Å²) in [5.41, 5.74) is 1.11. The smallest absolute Gasteiger partial charge is 0.264 e. The van der Waals surface area contributed by atoms with Gasteiger partial charge in [0.25, 0.3) is 11.8 Å². The van der Waals surface area contributed by atoms with Crippen molar-refractivity contribution in [3.05, 3.63) is 58.4 Å². The van der Waals surface area contributed by atoms with Gasteiger partial charge in [-0.1, -0.05) is 18.5 Å². The molecule has 0 radical (unpaired) electrons. The molecule has 0 aromatic heterocycles. The number of piperidine rings is 1. The van der Waals surface area contributed by atoms with Crippen molar-refractivity contribution >= 4 is 23.4 Å². The summed E-state index contributed by atoms with van der Waals surface area (Å²) in [6, 6.07) is 9.36. The van der Waals surface area contributed by atoms with E-state index in [0.717, 1.165) is 18.4 Å². The molecule has 0 aliphatic carbocycles. The van der Waals surface area contributed by atoms with E-state index in [9.17, 15) is 14.0 Å². The molecule has 3 aliphatic rings. The summed E-state index contributed by atoms with van der Waals surface area (Å²) >= 11 is 6.12. The number of hydrogen-bond donors (Lipinski definition) is 1. The monoisotopic (exact) mass is 458 g/mol. The molecular formula is C24H24ClFN2O4. The molecule has 1 N–H and O–H groups in total. The summed E-state index contributed by atoms with van der Waals surface area (Å²) in [6.07, 6.45) is 0.580. The highest BCUT2D eigenvalue weighted by atomic mass is 35.5. The second-order valence-electron chi connectivity index (χ2n) is 8.68. The van der Waals surface area contributed by atoms with Gasteiger partial charge in [-0.05, 0) is 49.2 Å². The zero-order valence-electron chi connectivity index (χ0n) is 17.6. The molecule has 168 valence electrons. The molecule has 2 amide bonds. The van der Waals surface area contributed by atoms with E-state index >= 15 is 0 Å². The lowest BCUT2D eigenvalue weighted by molar-refractivity contribution is -0.142. The zero-order valence-corrected chi connectivity index (χ0v) is 18.4. The van der Waals surface area contributed by atoms with Crippen LogP contribution in [-0.4, -0.2) is 48.6 Å². The summed E-state index contributed by atoms with van der Waals surface area (Å²) in [7, 11) is 0. The van der Waals surface area contributed by atoms with Gasteiger partial charge >= 0.3 is 0 Å². The Bertz CT molecular complexity index is 1080. The van der Waals surface area contributed by atoms with Gasteiger partial charge in [-0.15, -0.1) is 0 Å². The first-order valence-electron chi connectivity index (χ1n) is 10.9. The normalized spacial score (nSPS) is 26.8. The van der Waals surface area contributed by atoms with Crippen molar-refractivity contribution in [3.63, 3.8) is 0 Å². The summed E-state index contributed by atoms with van der Waals surface area (Å²) < 4.78 is 25.9. The van der Waals surface area contributed by atoms with Crippen molar-refractivity contribution in [1.82, 2.24) is 10.2 Å². The molecule has 4 unspecified atom stereocenters. The van der Waals surface area contributed by atoms with Gasteiger partial charge in [0.1, 0.15) is 23.4 Å². The van der Waals surface area contributed by atoms with E-state index in [2.05, 4.69) is 5.32 Å². The molecule has 3 aliphatic heterocycles. The Labute approximate surface area is 190 Å². The number of likely N-dealkylation sites (tertiary alicyclic amines) is 1. The molecule has 8 heteroatoms. The Kier molecular flexibility index (Phi) is 5.45. The second-order valence-corrected chi connectivity index (χ2v) is 9.12. The molecule has 0 spiro atoms. The fraction of sp³-hybridized carbons (Fsp3) is 0.417. The summed E-state index contributed by atoms with van der Waals surface area (Å²) in [4.78, 5) is 27.6. The predicted octanol–water partition coefficient (Wildman–Crippen LogP) is 3.77. The van der Waals surface area contributed by atoms with Gasteiger partial charge in [-0.25, -0.2) is 4.39 Å². The van der Waals surface area contributed by atoms with Crippen LogP contribution < -0.4 is 14.8 Å². The van der Waals surface area contributed by atoms with Gasteiger partial charge in [-0.3, -0.25) is 9.59 Å². The Morgan fingerprint density at radius 3 is 2.81 bits per heavy atom. The number of amides is 2. The average Bonchev–Trinajstić information content (AvgIpc) is 3.13. The van der Waals surface area contributed by atoms with Gasteiger partial charge in [0, 0.05) is 35.5 Å². The number of nitrogens with one attached hydrogen (secondary N) is 1. The van der Waals surface area contributed by atoms with Crippen LogP contribution in [0.15, 0.2) is 36.4 Å². The third kappa shape index (κ3) is 3.79. The standard InChI is InChI=1S/C24H24ClFN2O4/c1-13-17-10-15(25)2-4-19(17)32-22(13)24(30)28-9-7-14-6-8-27-23(29)18-11-16(26)3-5-20(18)31-21(14)12-28/h2-5,10-11,13-14,21-22H,6-9,12H2,1H3,(H,27,29). The van der Waals surface area contributed by atoms with Crippen LogP contribution in [0.5, 0.6) is 11.5 Å². The molecule has 0 saturated carbocycles. The first kappa shape index (κ1) is 21.1. The van der Waals surface area contributed by atoms with E-state index in [1.807, 2.05) is 13.0 Å². The minimum absolute atomic E-state index is 0.0831. The van der Waals surface area contributed by atoms with E-state index in [0.29, 0.717) is 36.2 Å². The summed E-state index contributed by atoms with van der Waals surface area (Å²) in [5, 5.41) is 3.46. The van der Waals surface area contributed by atoms with Gasteiger partial charge in [0.05, 0.1) is 12.1 Å². The number of hydrogen-bond acceptors (Lipinski definition) is 4. The molecule has 2 aromatic carbocycles. The van der Waals surface area contributed by atoms with Crippen LogP contribution in [0.3, 0.4) is 0 Å². The lowest BCUT2D eigenvalue weighted by Gasteiger charge is -2.39. The Morgan fingerprint density at radius 2 is 1.97 bits per heavy atom. The third-order valence-corrected chi connectivity index (χ3v) is 6.92. The number of benzene rings is 2. The predicted molar refractivity (Wildman–Crippen MR) is 117 cm³/mol. The zero-order chi connectivity index (χ0) is 22.4. The topological polar surface area (TPSA) is 67.9 Å². The van der Waals surface area contributed by atoms with Gasteiger partial charge < -0.3 is 19.7 Å². The Balaban J connectivity index is 1.36. The number of carbonyl (C=O) groups is 2. The molecule has 5 rings (SSSR count). The van der Waals surface area contributed by atoms with Crippen molar-refractivity contribution in [2.24, 2.45) is 5.92 Å². The number of fused-ring (bicyclic) bond motifs is 3. The van der Waals surface area contributed by atoms with E-state index in [1.165, 1.54) is 18.2 Å². The van der Waals surface area contributed by atoms with Crippen molar-refractivity contribution in [2.45, 2.75) is 37.9 Å². The number of ether oxygens (including phenoxy) is 2. The highest BCUT2D eigenvalue weighted by Crippen LogP contribution is 2.40. The van der Waals surface area contributed by atoms with Crippen molar-refractivity contribution in [1.29, 1.82) is 0 Å². The first-order valence-corrected chi connectivity index (χ1v) is 11.3. The van der Waals surface area contributed by atoms with Crippen LogP contribution in [0.1, 0.15) is 41.6 Å². The lowest BCUT2D eigenvalue weighted by Crippen LogP contribution is -2.53. The molecule has 4 atom stereocenters. The molecule has 1 fully saturated rings. The fourth-order valence-electron chi connectivity index (χ4n) is 4.87. The SMILES string of the molecule is CC1c2cc(Cl)ccc2OC1C(=O)N1CCC2CCNC(=O)c3cc(F)ccc3OC2C1. The largest absolute Gasteiger partial charge is 0.487 e. The lowest BCUT2D eigenvalue weighted by atomic mass is 9.89. The van der Waals surface area contributed by atoms with E-state index < -0.39 is 11.9 Å². The highest BCUT2D eigenvalue weighted by Gasteiger charge is 2.42. The van der Waals surface area contributed by atoms with Crippen LogP contribution in [0.4, 0.5) is 4.39 Å². The van der Waals surface area contributed by atoms with Crippen LogP contribution in [0, 0.1) is 11.7 Å². The number of nitrogens with zero attached hydrogens (tertiary/aromatic N) is 1. The van der Waals surface area contributed by atoms with Crippen LogP contribution in [0.2, 0.25) is 5.02 Å². The van der Waals surface area contributed by atoms with Gasteiger partial charge in [0.2, 0.25) is 0 Å². The molecule has 32 heavy (non-hydrogen) atoms. The molecular weight excluding hydrogens is 435 g/mol. The highest BCUT2D eigenvalue weighted by molar-refractivity contribution is 6.30. The van der Waals surface area contributed by atoms with Gasteiger partial charge in [0.15, 0.2) is 6.10 Å². The maximum atomic E-state index is 13.7. The van der Waals surface area contributed by atoms with Crippen molar-refractivity contribution < 1.29 is 23.5 Å². The minimum atomic E-state index is -0.610. The number of rotatable bonds is 1. The van der Waals surface area contributed by atoms with Crippen LogP contribution >= 0.6 is 11.6 Å². The maximum Gasteiger partial charge on any atom is 0.264 e. The average molecular weight is 459 g/mol. The minimum Gasteiger partial charge on any atom is -0.487 e. The quantitative estimate of drug-likeness (QED) is 0.706. The van der Waals surface area contributed by atoms with Crippen LogP contribution in [0.25, 0.3) is 0 Å². The first-order chi connectivity index (χ1) is 15.4. The fourth-order valence-corrected chi connectivity index (χ4v) is 5.05. The summed E-state index contributed by atoms with van der Waals surface area (Å²) in [6.45, 7) is 3.43. The Morgan fingerprint density at radius 1 is 1.16 bits per heavy atom. The number of halogens is 2. The van der Waals surface area contributed by atoms with Gasteiger partial charge in [-0.2, -0.15) is 0 Å². The van der Waals surface area contributed by atoms with Crippen molar-refractivity contribution in [2.75, 3.05) is 19.6 Å². The van der Waals surface area contributed by atoms with Crippen LogP contribution in [-0.2, 0) is 4.79 Å². The van der Waals surface area contributed by atoms with Crippen molar-refractivity contribution in [3.8, 4) is 11.5 Å². The second kappa shape index (κ2) is 8.28. The Hall–Kier alpha value is -2.80. The van der Waals surface area contributed by atoms with E-state index in [-0.39, 0.29) is 35.3 Å². The molecule has 0 bridgehead atoms. The number of carbonyl (C=O) groups excluding carboxylic acids is 2. The molecule has 3 heterocycles. The molecule has 1 saturated heterocycles. The third-order valence-electron chi connectivity index (χ3n) is 6.69. The van der Waals surface area contributed by atoms with E-state index in [1.54, 1.807) is 17.0 Å². The van der Waals surface area contributed by atoms with E-state index in [4.69, 9.17) is 21.1 Å². The molecule has 6 nitrogen and oxygen atoms in total.